The highest BCUT2D eigenvalue weighted by molar-refractivity contribution is 9.10. The van der Waals surface area contributed by atoms with E-state index in [4.69, 9.17) is 23.2 Å². The van der Waals surface area contributed by atoms with E-state index in [0.29, 0.717) is 32.3 Å². The van der Waals surface area contributed by atoms with Crippen LogP contribution in [0.4, 0.5) is 5.69 Å². The minimum atomic E-state index is -3.78. The van der Waals surface area contributed by atoms with Crippen LogP contribution in [0, 0.1) is 0 Å². The molecule has 32 heavy (non-hydrogen) atoms. The Morgan fingerprint density at radius 1 is 1.12 bits per heavy atom. The normalized spacial score (nSPS) is 12.2. The van der Waals surface area contributed by atoms with E-state index in [1.54, 1.807) is 56.3 Å². The van der Waals surface area contributed by atoms with E-state index in [9.17, 15) is 18.0 Å². The molecule has 2 aromatic rings. The fourth-order valence-electron chi connectivity index (χ4n) is 2.98. The summed E-state index contributed by atoms with van der Waals surface area (Å²) < 4.78 is 26.6. The highest BCUT2D eigenvalue weighted by Gasteiger charge is 2.30. The third-order valence-corrected chi connectivity index (χ3v) is 7.00. The Morgan fingerprint density at radius 3 is 2.38 bits per heavy atom. The Morgan fingerprint density at radius 2 is 1.81 bits per heavy atom. The van der Waals surface area contributed by atoms with Crippen molar-refractivity contribution in [3.05, 3.63) is 62.5 Å². The molecule has 0 unspecified atom stereocenters. The Labute approximate surface area is 206 Å². The number of nitrogens with zero attached hydrogens (tertiary/aromatic N) is 2. The largest absolute Gasteiger partial charge is 0.355 e. The molecule has 2 amide bonds. The first-order chi connectivity index (χ1) is 14.9. The molecule has 2 rings (SSSR count). The lowest BCUT2D eigenvalue weighted by molar-refractivity contribution is -0.139. The highest BCUT2D eigenvalue weighted by atomic mass is 79.9. The van der Waals surface area contributed by atoms with Crippen molar-refractivity contribution < 1.29 is 18.0 Å². The maximum Gasteiger partial charge on any atom is 0.244 e. The van der Waals surface area contributed by atoms with Crippen LogP contribution in [-0.4, -0.2) is 50.5 Å². The zero-order chi connectivity index (χ0) is 24.1. The Balaban J connectivity index is 2.40. The summed E-state index contributed by atoms with van der Waals surface area (Å²) in [5.41, 5.74) is 0.979. The summed E-state index contributed by atoms with van der Waals surface area (Å²) >= 11 is 15.4. The molecule has 0 saturated carbocycles. The van der Waals surface area contributed by atoms with Gasteiger partial charge in [0.2, 0.25) is 21.8 Å². The lowest BCUT2D eigenvalue weighted by Gasteiger charge is -2.31. The number of rotatable bonds is 9. The number of anilines is 1. The van der Waals surface area contributed by atoms with Gasteiger partial charge in [-0.05, 0) is 49.7 Å². The molecular weight excluding hydrogens is 541 g/mol. The zero-order valence-corrected chi connectivity index (χ0v) is 21.7. The van der Waals surface area contributed by atoms with E-state index < -0.39 is 28.5 Å². The molecule has 0 aliphatic rings. The van der Waals surface area contributed by atoms with Crippen LogP contribution in [0.2, 0.25) is 10.0 Å². The topological polar surface area (TPSA) is 86.8 Å². The maximum absolute atomic E-state index is 13.3. The molecule has 0 fully saturated rings. The first kappa shape index (κ1) is 26.4. The number of carbonyl (C=O) groups excluding carboxylic acids is 2. The minimum Gasteiger partial charge on any atom is -0.355 e. The van der Waals surface area contributed by atoms with Gasteiger partial charge in [0.15, 0.2) is 0 Å². The summed E-state index contributed by atoms with van der Waals surface area (Å²) in [5, 5.41) is 3.37. The molecule has 1 N–H and O–H groups in total. The molecular formula is C21H24BrCl2N3O4S. The second-order valence-electron chi connectivity index (χ2n) is 7.09. The standard InChI is InChI=1S/C21H24BrCl2N3O4S/c1-4-25-21(29)14(2)26(12-15-8-9-18(23)19(24)10-15)20(28)13-27(32(3,30)31)17-7-5-6-16(22)11-17/h5-11,14H,4,12-13H2,1-3H3,(H,25,29)/t14-/m1/s1. The third kappa shape index (κ3) is 7.10. The van der Waals surface area contributed by atoms with Crippen LogP contribution in [0.5, 0.6) is 0 Å². The smallest absolute Gasteiger partial charge is 0.244 e. The SMILES string of the molecule is CCNC(=O)[C@@H](C)N(Cc1ccc(Cl)c(Cl)c1)C(=O)CN(c1cccc(Br)c1)S(C)(=O)=O. The predicted molar refractivity (Wildman–Crippen MR) is 131 cm³/mol. The van der Waals surface area contributed by atoms with E-state index >= 15 is 0 Å². The van der Waals surface area contributed by atoms with Crippen molar-refractivity contribution in [2.45, 2.75) is 26.4 Å². The van der Waals surface area contributed by atoms with Gasteiger partial charge in [0.05, 0.1) is 22.0 Å². The number of sulfonamides is 1. The Bertz CT molecular complexity index is 1100. The number of nitrogens with one attached hydrogen (secondary N) is 1. The Kier molecular flexibility index (Phi) is 9.39. The average Bonchev–Trinajstić information content (AvgIpc) is 2.71. The number of carbonyl (C=O) groups is 2. The summed E-state index contributed by atoms with van der Waals surface area (Å²) in [6, 6.07) is 10.7. The van der Waals surface area contributed by atoms with Crippen molar-refractivity contribution in [2.24, 2.45) is 0 Å². The summed E-state index contributed by atoms with van der Waals surface area (Å²) in [7, 11) is -3.78. The molecule has 1 atom stereocenters. The molecule has 7 nitrogen and oxygen atoms in total. The summed E-state index contributed by atoms with van der Waals surface area (Å²) in [4.78, 5) is 27.2. The van der Waals surface area contributed by atoms with Gasteiger partial charge in [-0.25, -0.2) is 8.42 Å². The van der Waals surface area contributed by atoms with Gasteiger partial charge < -0.3 is 10.2 Å². The van der Waals surface area contributed by atoms with E-state index in [-0.39, 0.29) is 12.5 Å². The molecule has 0 bridgehead atoms. The van der Waals surface area contributed by atoms with Crippen LogP contribution < -0.4 is 9.62 Å². The highest BCUT2D eigenvalue weighted by Crippen LogP contribution is 2.25. The van der Waals surface area contributed by atoms with Crippen molar-refractivity contribution in [1.82, 2.24) is 10.2 Å². The van der Waals surface area contributed by atoms with Crippen LogP contribution in [-0.2, 0) is 26.2 Å². The lowest BCUT2D eigenvalue weighted by Crippen LogP contribution is -2.51. The van der Waals surface area contributed by atoms with E-state index in [0.717, 1.165) is 10.6 Å². The first-order valence-corrected chi connectivity index (χ1v) is 13.1. The first-order valence-electron chi connectivity index (χ1n) is 9.68. The van der Waals surface area contributed by atoms with Gasteiger partial charge in [-0.15, -0.1) is 0 Å². The van der Waals surface area contributed by atoms with E-state index in [1.165, 1.54) is 4.90 Å². The van der Waals surface area contributed by atoms with Crippen molar-refractivity contribution in [3.63, 3.8) is 0 Å². The van der Waals surface area contributed by atoms with Crippen molar-refractivity contribution in [3.8, 4) is 0 Å². The average molecular weight is 565 g/mol. The van der Waals surface area contributed by atoms with Gasteiger partial charge in [0.1, 0.15) is 12.6 Å². The van der Waals surface area contributed by atoms with Gasteiger partial charge in [0.25, 0.3) is 0 Å². The third-order valence-electron chi connectivity index (χ3n) is 4.63. The molecule has 0 aromatic heterocycles. The molecule has 174 valence electrons. The van der Waals surface area contributed by atoms with E-state index in [1.807, 2.05) is 0 Å². The predicted octanol–water partition coefficient (Wildman–Crippen LogP) is 4.08. The Hall–Kier alpha value is -1.81. The number of hydrogen-bond donors (Lipinski definition) is 1. The molecule has 0 spiro atoms. The number of likely N-dealkylation sites (N-methyl/N-ethyl adjacent to an activating group) is 1. The van der Waals surface area contributed by atoms with Crippen molar-refractivity contribution >= 4 is 66.7 Å². The summed E-state index contributed by atoms with van der Waals surface area (Å²) in [5.74, 6) is -0.894. The monoisotopic (exact) mass is 563 g/mol. The van der Waals surface area contributed by atoms with Crippen molar-refractivity contribution in [1.29, 1.82) is 0 Å². The molecule has 0 heterocycles. The second kappa shape index (κ2) is 11.4. The molecule has 0 aliphatic carbocycles. The van der Waals surface area contributed by atoms with Crippen LogP contribution in [0.15, 0.2) is 46.9 Å². The quantitative estimate of drug-likeness (QED) is 0.497. The molecule has 0 saturated heterocycles. The van der Waals surface area contributed by atoms with Crippen molar-refractivity contribution in [2.75, 3.05) is 23.7 Å². The van der Waals surface area contributed by atoms with Gasteiger partial charge in [0, 0.05) is 17.6 Å². The number of benzene rings is 2. The zero-order valence-electron chi connectivity index (χ0n) is 17.8. The van der Waals surface area contributed by atoms with Crippen LogP contribution in [0.1, 0.15) is 19.4 Å². The minimum absolute atomic E-state index is 0.0457. The fraction of sp³-hybridized carbons (Fsp3) is 0.333. The fourth-order valence-corrected chi connectivity index (χ4v) is 4.53. The summed E-state index contributed by atoms with van der Waals surface area (Å²) in [6.45, 7) is 3.33. The molecule has 0 aliphatic heterocycles. The molecule has 11 heteroatoms. The number of amides is 2. The lowest BCUT2D eigenvalue weighted by atomic mass is 10.1. The summed E-state index contributed by atoms with van der Waals surface area (Å²) in [6.07, 6.45) is 1.03. The van der Waals surface area contributed by atoms with Crippen LogP contribution in [0.3, 0.4) is 0 Å². The number of halogens is 3. The van der Waals surface area contributed by atoms with Crippen LogP contribution >= 0.6 is 39.1 Å². The van der Waals surface area contributed by atoms with Gasteiger partial charge in [-0.1, -0.05) is 51.3 Å². The maximum atomic E-state index is 13.3. The van der Waals surface area contributed by atoms with E-state index in [2.05, 4.69) is 21.2 Å². The van der Waals surface area contributed by atoms with Gasteiger partial charge >= 0.3 is 0 Å². The van der Waals surface area contributed by atoms with Crippen LogP contribution in [0.25, 0.3) is 0 Å². The molecule has 0 radical (unpaired) electrons. The van der Waals surface area contributed by atoms with Gasteiger partial charge in [-0.3, -0.25) is 13.9 Å². The molecule has 2 aromatic carbocycles. The second-order valence-corrected chi connectivity index (χ2v) is 10.7. The number of hydrogen-bond acceptors (Lipinski definition) is 4. The van der Waals surface area contributed by atoms with Gasteiger partial charge in [-0.2, -0.15) is 0 Å².